The van der Waals surface area contributed by atoms with Crippen molar-refractivity contribution in [1.82, 2.24) is 9.97 Å². The number of sulfone groups is 1. The minimum Gasteiger partial charge on any atom is -0.357 e. The molecule has 1 aromatic heterocycles. The fourth-order valence-electron chi connectivity index (χ4n) is 1.00. The Morgan fingerprint density at radius 2 is 2.22 bits per heavy atom. The van der Waals surface area contributed by atoms with Crippen LogP contribution in [-0.2, 0) is 9.84 Å². The van der Waals surface area contributed by atoms with Crippen LogP contribution in [0, 0.1) is 10.1 Å². The van der Waals surface area contributed by atoms with Crippen LogP contribution < -0.4 is 5.32 Å². The zero-order valence-electron chi connectivity index (χ0n) is 9.78. The lowest BCUT2D eigenvalue weighted by atomic mass is 10.5. The zero-order chi connectivity index (χ0) is 13.8. The van der Waals surface area contributed by atoms with Crippen LogP contribution in [0.3, 0.4) is 0 Å². The summed E-state index contributed by atoms with van der Waals surface area (Å²) in [6.45, 7) is 0. The number of anilines is 1. The molecule has 0 atom stereocenters. The van der Waals surface area contributed by atoms with E-state index >= 15 is 0 Å². The predicted molar refractivity (Wildman–Crippen MR) is 68.7 cm³/mol. The number of aromatic nitrogens is 2. The van der Waals surface area contributed by atoms with Gasteiger partial charge in [0.15, 0.2) is 5.03 Å². The van der Waals surface area contributed by atoms with Gasteiger partial charge in [0, 0.05) is 19.1 Å². The lowest BCUT2D eigenvalue weighted by Gasteiger charge is -2.03. The first-order valence-corrected chi connectivity index (χ1v) is 7.88. The van der Waals surface area contributed by atoms with E-state index in [1.165, 1.54) is 0 Å². The highest BCUT2D eigenvalue weighted by Gasteiger charge is 2.18. The molecule has 0 aliphatic carbocycles. The Balaban J connectivity index is 2.87. The Morgan fingerprint density at radius 3 is 2.72 bits per heavy atom. The Bertz CT molecular complexity index is 546. The molecule has 0 aromatic carbocycles. The van der Waals surface area contributed by atoms with Gasteiger partial charge in [-0.05, 0) is 0 Å². The van der Waals surface area contributed by atoms with E-state index in [1.54, 1.807) is 7.05 Å². The van der Waals surface area contributed by atoms with Crippen molar-refractivity contribution in [3.63, 3.8) is 0 Å². The summed E-state index contributed by atoms with van der Waals surface area (Å²) in [5.41, 5.74) is -0.229. The van der Waals surface area contributed by atoms with Gasteiger partial charge in [-0.3, -0.25) is 10.1 Å². The van der Waals surface area contributed by atoms with Crippen molar-refractivity contribution in [3.8, 4) is 0 Å². The Labute approximate surface area is 108 Å². The minimum atomic E-state index is -3.09. The Kier molecular flexibility index (Phi) is 4.84. The van der Waals surface area contributed by atoms with Crippen molar-refractivity contribution < 1.29 is 13.3 Å². The first-order valence-electron chi connectivity index (χ1n) is 4.83. The van der Waals surface area contributed by atoms with Crippen LogP contribution in [0.4, 0.5) is 11.6 Å². The van der Waals surface area contributed by atoms with Gasteiger partial charge in [-0.1, -0.05) is 11.8 Å². The van der Waals surface area contributed by atoms with E-state index in [2.05, 4.69) is 15.3 Å². The summed E-state index contributed by atoms with van der Waals surface area (Å²) in [5, 5.41) is 13.6. The molecule has 1 rings (SSSR count). The van der Waals surface area contributed by atoms with Crippen molar-refractivity contribution in [2.75, 3.05) is 30.1 Å². The largest absolute Gasteiger partial charge is 0.357 e. The van der Waals surface area contributed by atoms with Crippen molar-refractivity contribution >= 4 is 33.2 Å². The molecule has 1 heterocycles. The number of rotatable bonds is 6. The van der Waals surface area contributed by atoms with Crippen molar-refractivity contribution in [3.05, 3.63) is 16.3 Å². The molecule has 0 bridgehead atoms. The maximum absolute atomic E-state index is 11.0. The summed E-state index contributed by atoms with van der Waals surface area (Å²) in [6.07, 6.45) is 2.21. The minimum absolute atomic E-state index is 0.0618. The molecule has 1 N–H and O–H groups in total. The van der Waals surface area contributed by atoms with Gasteiger partial charge in [0.2, 0.25) is 5.95 Å². The predicted octanol–water partition coefficient (Wildman–Crippen LogP) is 0.563. The highest BCUT2D eigenvalue weighted by Crippen LogP contribution is 2.27. The quantitative estimate of drug-likeness (QED) is 0.350. The van der Waals surface area contributed by atoms with Crippen LogP contribution in [0.1, 0.15) is 0 Å². The van der Waals surface area contributed by atoms with E-state index in [0.29, 0.717) is 0 Å². The van der Waals surface area contributed by atoms with Gasteiger partial charge in [0.25, 0.3) is 0 Å². The summed E-state index contributed by atoms with van der Waals surface area (Å²) in [6, 6.07) is 0. The molecule has 0 aliphatic rings. The second kappa shape index (κ2) is 5.96. The van der Waals surface area contributed by atoms with Gasteiger partial charge < -0.3 is 5.32 Å². The molecule has 1 aromatic rings. The van der Waals surface area contributed by atoms with Gasteiger partial charge in [0.1, 0.15) is 16.0 Å². The molecule has 0 radical (unpaired) electrons. The van der Waals surface area contributed by atoms with Crippen molar-refractivity contribution in [2.45, 2.75) is 5.03 Å². The standard InChI is InChI=1S/C8H12N4O4S2/c1-9-8-10-5-6(12(13)14)7(11-8)17-3-4-18(2,15)16/h5H,3-4H2,1-2H3,(H,9,10,11). The molecule has 0 unspecified atom stereocenters. The molecule has 18 heavy (non-hydrogen) atoms. The smallest absolute Gasteiger partial charge is 0.319 e. The number of thioether (sulfide) groups is 1. The summed E-state index contributed by atoms with van der Waals surface area (Å²) in [4.78, 5) is 17.8. The molecular weight excluding hydrogens is 280 g/mol. The van der Waals surface area contributed by atoms with E-state index in [4.69, 9.17) is 0 Å². The van der Waals surface area contributed by atoms with Gasteiger partial charge in [-0.2, -0.15) is 4.98 Å². The molecule has 10 heteroatoms. The third kappa shape index (κ3) is 4.45. The van der Waals surface area contributed by atoms with E-state index in [1.807, 2.05) is 0 Å². The van der Waals surface area contributed by atoms with Crippen LogP contribution in [0.15, 0.2) is 11.2 Å². The van der Waals surface area contributed by atoms with Gasteiger partial charge in [-0.15, -0.1) is 0 Å². The SMILES string of the molecule is CNc1ncc([N+](=O)[O-])c(SCCS(C)(=O)=O)n1. The third-order valence-electron chi connectivity index (χ3n) is 1.85. The second-order valence-corrected chi connectivity index (χ2v) is 6.71. The highest BCUT2D eigenvalue weighted by atomic mass is 32.2. The van der Waals surface area contributed by atoms with E-state index in [-0.39, 0.29) is 28.2 Å². The summed E-state index contributed by atoms with van der Waals surface area (Å²) < 4.78 is 21.9. The van der Waals surface area contributed by atoms with Gasteiger partial charge in [0.05, 0.1) is 10.7 Å². The topological polar surface area (TPSA) is 115 Å². The summed E-state index contributed by atoms with van der Waals surface area (Å²) in [7, 11) is -1.50. The van der Waals surface area contributed by atoms with E-state index in [9.17, 15) is 18.5 Å². The molecule has 0 amide bonds. The zero-order valence-corrected chi connectivity index (χ0v) is 11.4. The molecule has 0 spiro atoms. The van der Waals surface area contributed by atoms with Crippen LogP contribution in [0.2, 0.25) is 0 Å². The monoisotopic (exact) mass is 292 g/mol. The number of nitrogens with zero attached hydrogens (tertiary/aromatic N) is 3. The number of nitrogens with one attached hydrogen (secondary N) is 1. The maximum atomic E-state index is 11.0. The number of nitro groups is 1. The molecule has 100 valence electrons. The first-order chi connectivity index (χ1) is 8.33. The molecule has 0 fully saturated rings. The van der Waals surface area contributed by atoms with Gasteiger partial charge >= 0.3 is 5.69 Å². The fraction of sp³-hybridized carbons (Fsp3) is 0.500. The fourth-order valence-corrected chi connectivity index (χ4v) is 3.17. The van der Waals surface area contributed by atoms with Crippen LogP contribution in [0.5, 0.6) is 0 Å². The third-order valence-corrected chi connectivity index (χ3v) is 4.04. The van der Waals surface area contributed by atoms with Crippen LogP contribution in [-0.4, -0.2) is 48.1 Å². The van der Waals surface area contributed by atoms with Crippen LogP contribution >= 0.6 is 11.8 Å². The second-order valence-electron chi connectivity index (χ2n) is 3.37. The summed E-state index contributed by atoms with van der Waals surface area (Å²) >= 11 is 1.02. The highest BCUT2D eigenvalue weighted by molar-refractivity contribution is 8.00. The van der Waals surface area contributed by atoms with E-state index in [0.717, 1.165) is 24.2 Å². The molecule has 8 nitrogen and oxygen atoms in total. The number of hydrogen-bond donors (Lipinski definition) is 1. The normalized spacial score (nSPS) is 11.2. The number of hydrogen-bond acceptors (Lipinski definition) is 8. The molecule has 0 aliphatic heterocycles. The van der Waals surface area contributed by atoms with E-state index < -0.39 is 14.8 Å². The molecule has 0 saturated heterocycles. The Morgan fingerprint density at radius 1 is 1.56 bits per heavy atom. The lowest BCUT2D eigenvalue weighted by molar-refractivity contribution is -0.388. The van der Waals surface area contributed by atoms with Crippen molar-refractivity contribution in [1.29, 1.82) is 0 Å². The summed E-state index contributed by atoms with van der Waals surface area (Å²) in [5.74, 6) is 0.399. The molecular formula is C8H12N4O4S2. The average molecular weight is 292 g/mol. The average Bonchev–Trinajstić information content (AvgIpc) is 2.26. The van der Waals surface area contributed by atoms with Crippen LogP contribution in [0.25, 0.3) is 0 Å². The lowest BCUT2D eigenvalue weighted by Crippen LogP contribution is -2.06. The first kappa shape index (κ1) is 14.6. The van der Waals surface area contributed by atoms with Crippen molar-refractivity contribution in [2.24, 2.45) is 0 Å². The molecule has 0 saturated carbocycles. The maximum Gasteiger partial charge on any atom is 0.319 e. The Hall–Kier alpha value is -1.42. The van der Waals surface area contributed by atoms with Gasteiger partial charge in [-0.25, -0.2) is 13.4 Å².